The SMILES string of the molecule is N#C[C@H](C(=O)Nc1ccccc1F)c1nccn1C(F)F. The number of nitriles is 1. The van der Waals surface area contributed by atoms with Crippen LogP contribution in [0.3, 0.4) is 0 Å². The zero-order chi connectivity index (χ0) is 15.4. The summed E-state index contributed by atoms with van der Waals surface area (Å²) in [5, 5.41) is 11.2. The Kier molecular flexibility index (Phi) is 4.23. The Labute approximate surface area is 117 Å². The molecule has 0 radical (unpaired) electrons. The Morgan fingerprint density at radius 3 is 2.71 bits per heavy atom. The monoisotopic (exact) mass is 294 g/mol. The topological polar surface area (TPSA) is 70.7 Å². The number of hydrogen-bond acceptors (Lipinski definition) is 3. The molecular formula is C13H9F3N4O. The summed E-state index contributed by atoms with van der Waals surface area (Å²) in [5.74, 6) is -3.61. The number of nitrogens with zero attached hydrogens (tertiary/aromatic N) is 3. The van der Waals surface area contributed by atoms with Gasteiger partial charge in [-0.05, 0) is 12.1 Å². The van der Waals surface area contributed by atoms with Crippen LogP contribution in [0.15, 0.2) is 36.7 Å². The molecule has 2 aromatic rings. The van der Waals surface area contributed by atoms with E-state index in [0.29, 0.717) is 4.57 Å². The minimum absolute atomic E-state index is 0.141. The third-order valence-corrected chi connectivity index (χ3v) is 2.69. The van der Waals surface area contributed by atoms with Crippen LogP contribution in [0, 0.1) is 17.1 Å². The number of amides is 1. The van der Waals surface area contributed by atoms with Crippen molar-refractivity contribution in [2.45, 2.75) is 12.5 Å². The smallest absolute Gasteiger partial charge is 0.319 e. The molecule has 5 nitrogen and oxygen atoms in total. The molecule has 0 aliphatic heterocycles. The molecular weight excluding hydrogens is 285 g/mol. The van der Waals surface area contributed by atoms with Crippen molar-refractivity contribution in [3.8, 4) is 6.07 Å². The summed E-state index contributed by atoms with van der Waals surface area (Å²) in [5.41, 5.74) is -0.141. The second-order valence-corrected chi connectivity index (χ2v) is 4.00. The Balaban J connectivity index is 2.26. The van der Waals surface area contributed by atoms with Crippen molar-refractivity contribution in [1.29, 1.82) is 5.26 Å². The molecule has 8 heteroatoms. The van der Waals surface area contributed by atoms with Gasteiger partial charge >= 0.3 is 6.55 Å². The van der Waals surface area contributed by atoms with Gasteiger partial charge in [-0.25, -0.2) is 9.37 Å². The van der Waals surface area contributed by atoms with E-state index in [1.807, 2.05) is 0 Å². The van der Waals surface area contributed by atoms with Gasteiger partial charge in [-0.15, -0.1) is 0 Å². The van der Waals surface area contributed by atoms with Crippen molar-refractivity contribution in [2.75, 3.05) is 5.32 Å². The van der Waals surface area contributed by atoms with Crippen LogP contribution in [0.4, 0.5) is 18.9 Å². The van der Waals surface area contributed by atoms with Crippen LogP contribution in [-0.2, 0) is 4.79 Å². The number of aromatic nitrogens is 2. The normalized spacial score (nSPS) is 12.0. The standard InChI is InChI=1S/C13H9F3N4O/c14-9-3-1-2-4-10(9)19-12(21)8(7-17)11-18-5-6-20(11)13(15)16/h1-6,8,13H,(H,19,21)/t8-/m0/s1. The summed E-state index contributed by atoms with van der Waals surface area (Å²) in [7, 11) is 0. The van der Waals surface area contributed by atoms with Gasteiger partial charge in [0.05, 0.1) is 11.8 Å². The van der Waals surface area contributed by atoms with E-state index in [4.69, 9.17) is 5.26 Å². The number of carbonyl (C=O) groups excluding carboxylic acids is 1. The van der Waals surface area contributed by atoms with Crippen LogP contribution in [0.1, 0.15) is 18.3 Å². The molecule has 1 aromatic carbocycles. The van der Waals surface area contributed by atoms with Gasteiger partial charge in [-0.2, -0.15) is 14.0 Å². The fourth-order valence-corrected chi connectivity index (χ4v) is 1.71. The van der Waals surface area contributed by atoms with Gasteiger partial charge < -0.3 is 5.32 Å². The number of nitrogens with one attached hydrogen (secondary N) is 1. The quantitative estimate of drug-likeness (QED) is 0.942. The lowest BCUT2D eigenvalue weighted by molar-refractivity contribution is -0.116. The molecule has 108 valence electrons. The minimum atomic E-state index is -2.93. The maximum absolute atomic E-state index is 13.4. The number of anilines is 1. The van der Waals surface area contributed by atoms with Crippen LogP contribution in [0.5, 0.6) is 0 Å². The Morgan fingerprint density at radius 1 is 1.38 bits per heavy atom. The van der Waals surface area contributed by atoms with Gasteiger partial charge in [0.15, 0.2) is 5.92 Å². The van der Waals surface area contributed by atoms with Crippen LogP contribution in [0.2, 0.25) is 0 Å². The van der Waals surface area contributed by atoms with Gasteiger partial charge in [0.25, 0.3) is 0 Å². The van der Waals surface area contributed by atoms with Crippen molar-refractivity contribution in [3.05, 3.63) is 48.3 Å². The van der Waals surface area contributed by atoms with Crippen LogP contribution >= 0.6 is 0 Å². The highest BCUT2D eigenvalue weighted by molar-refractivity contribution is 5.97. The first-order valence-electron chi connectivity index (χ1n) is 5.80. The first-order valence-corrected chi connectivity index (χ1v) is 5.80. The van der Waals surface area contributed by atoms with E-state index in [9.17, 15) is 18.0 Å². The number of alkyl halides is 2. The van der Waals surface area contributed by atoms with Gasteiger partial charge in [-0.1, -0.05) is 12.1 Å². The van der Waals surface area contributed by atoms with Crippen LogP contribution in [0.25, 0.3) is 0 Å². The summed E-state index contributed by atoms with van der Waals surface area (Å²) in [4.78, 5) is 15.6. The third-order valence-electron chi connectivity index (χ3n) is 2.69. The van der Waals surface area contributed by atoms with Gasteiger partial charge in [0, 0.05) is 12.4 Å². The largest absolute Gasteiger partial charge is 0.322 e. The molecule has 2 rings (SSSR count). The Morgan fingerprint density at radius 2 is 2.10 bits per heavy atom. The highest BCUT2D eigenvalue weighted by Gasteiger charge is 2.27. The molecule has 0 bridgehead atoms. The number of carbonyl (C=O) groups is 1. The second-order valence-electron chi connectivity index (χ2n) is 4.00. The van der Waals surface area contributed by atoms with E-state index in [1.165, 1.54) is 18.2 Å². The molecule has 0 saturated carbocycles. The Bertz CT molecular complexity index is 693. The molecule has 0 aliphatic carbocycles. The lowest BCUT2D eigenvalue weighted by Crippen LogP contribution is -2.23. The number of benzene rings is 1. The van der Waals surface area contributed by atoms with E-state index < -0.39 is 30.0 Å². The number of para-hydroxylation sites is 1. The van der Waals surface area contributed by atoms with Crippen molar-refractivity contribution >= 4 is 11.6 Å². The maximum atomic E-state index is 13.4. The zero-order valence-electron chi connectivity index (χ0n) is 10.5. The predicted molar refractivity (Wildman–Crippen MR) is 66.9 cm³/mol. The van der Waals surface area contributed by atoms with Crippen LogP contribution < -0.4 is 5.32 Å². The van der Waals surface area contributed by atoms with Crippen molar-refractivity contribution in [3.63, 3.8) is 0 Å². The molecule has 0 saturated heterocycles. The fourth-order valence-electron chi connectivity index (χ4n) is 1.71. The summed E-state index contributed by atoms with van der Waals surface area (Å²) in [6.07, 6.45) is 2.02. The third kappa shape index (κ3) is 3.02. The van der Waals surface area contributed by atoms with E-state index in [0.717, 1.165) is 18.5 Å². The number of rotatable bonds is 4. The van der Waals surface area contributed by atoms with E-state index in [-0.39, 0.29) is 5.69 Å². The minimum Gasteiger partial charge on any atom is -0.322 e. The summed E-state index contributed by atoms with van der Waals surface area (Å²) in [6, 6.07) is 6.92. The predicted octanol–water partition coefficient (Wildman–Crippen LogP) is 2.66. The molecule has 1 heterocycles. The number of imidazole rings is 1. The molecule has 0 aliphatic rings. The summed E-state index contributed by atoms with van der Waals surface area (Å²) < 4.78 is 39.3. The fraction of sp³-hybridized carbons (Fsp3) is 0.154. The van der Waals surface area contributed by atoms with E-state index in [1.54, 1.807) is 6.07 Å². The molecule has 1 atom stereocenters. The van der Waals surface area contributed by atoms with Crippen LogP contribution in [-0.4, -0.2) is 15.5 Å². The average Bonchev–Trinajstić information content (AvgIpc) is 2.91. The first-order chi connectivity index (χ1) is 10.0. The maximum Gasteiger partial charge on any atom is 0.319 e. The van der Waals surface area contributed by atoms with E-state index >= 15 is 0 Å². The second kappa shape index (κ2) is 6.09. The molecule has 0 unspecified atom stereocenters. The highest BCUT2D eigenvalue weighted by Crippen LogP contribution is 2.22. The average molecular weight is 294 g/mol. The lowest BCUT2D eigenvalue weighted by atomic mass is 10.1. The zero-order valence-corrected chi connectivity index (χ0v) is 10.5. The van der Waals surface area contributed by atoms with Crippen molar-refractivity contribution in [2.24, 2.45) is 0 Å². The molecule has 1 aromatic heterocycles. The van der Waals surface area contributed by atoms with Crippen molar-refractivity contribution < 1.29 is 18.0 Å². The molecule has 0 fully saturated rings. The van der Waals surface area contributed by atoms with Gasteiger partial charge in [-0.3, -0.25) is 9.36 Å². The van der Waals surface area contributed by atoms with Gasteiger partial charge in [0.2, 0.25) is 5.91 Å². The molecule has 21 heavy (non-hydrogen) atoms. The van der Waals surface area contributed by atoms with Crippen molar-refractivity contribution in [1.82, 2.24) is 9.55 Å². The molecule has 1 amide bonds. The number of halogens is 3. The first kappa shape index (κ1) is 14.6. The Hall–Kier alpha value is -2.82. The lowest BCUT2D eigenvalue weighted by Gasteiger charge is -2.12. The molecule has 1 N–H and O–H groups in total. The number of hydrogen-bond donors (Lipinski definition) is 1. The highest BCUT2D eigenvalue weighted by atomic mass is 19.3. The summed E-state index contributed by atoms with van der Waals surface area (Å²) in [6.45, 7) is -2.93. The van der Waals surface area contributed by atoms with Gasteiger partial charge in [0.1, 0.15) is 11.6 Å². The molecule has 0 spiro atoms. The summed E-state index contributed by atoms with van der Waals surface area (Å²) >= 11 is 0. The van der Waals surface area contributed by atoms with E-state index in [2.05, 4.69) is 10.3 Å².